The first kappa shape index (κ1) is 13.7. The quantitative estimate of drug-likeness (QED) is 0.386. The molecule has 0 aromatic rings. The Morgan fingerprint density at radius 3 is 2.29 bits per heavy atom. The summed E-state index contributed by atoms with van der Waals surface area (Å²) in [5, 5.41) is 0. The summed E-state index contributed by atoms with van der Waals surface area (Å²) in [6.07, 6.45) is 8.67. The highest BCUT2D eigenvalue weighted by Crippen LogP contribution is 2.26. The largest absolute Gasteiger partial charge is 0.417 e. The van der Waals surface area contributed by atoms with E-state index in [2.05, 4.69) is 39.8 Å². The highest BCUT2D eigenvalue weighted by molar-refractivity contribution is 6.48. The second kappa shape index (κ2) is 6.26. The van der Waals surface area contributed by atoms with Crippen LogP contribution >= 0.6 is 0 Å². The van der Waals surface area contributed by atoms with Crippen LogP contribution in [0.1, 0.15) is 40.0 Å². The van der Waals surface area contributed by atoms with Gasteiger partial charge in [-0.05, 0) is 31.4 Å². The van der Waals surface area contributed by atoms with E-state index in [1.165, 1.54) is 0 Å². The molecule has 1 nitrogen and oxygen atoms in total. The van der Waals surface area contributed by atoms with Gasteiger partial charge in [0, 0.05) is 12.5 Å². The van der Waals surface area contributed by atoms with E-state index in [1.54, 1.807) is 0 Å². The SMILES string of the molecule is C#CCCCC(O[SiH](C)C)C(C)(C)C. The first-order valence-electron chi connectivity index (χ1n) is 5.47. The summed E-state index contributed by atoms with van der Waals surface area (Å²) >= 11 is 0. The number of unbranched alkanes of at least 4 members (excludes halogenated alkanes) is 1. The van der Waals surface area contributed by atoms with Gasteiger partial charge >= 0.3 is 0 Å². The van der Waals surface area contributed by atoms with E-state index < -0.39 is 9.04 Å². The van der Waals surface area contributed by atoms with Crippen molar-refractivity contribution in [2.75, 3.05) is 0 Å². The topological polar surface area (TPSA) is 9.23 Å². The fourth-order valence-electron chi connectivity index (χ4n) is 1.42. The second-order valence-electron chi connectivity index (χ2n) is 5.14. The van der Waals surface area contributed by atoms with Gasteiger partial charge in [-0.25, -0.2) is 0 Å². The molecule has 0 N–H and O–H groups in total. The van der Waals surface area contributed by atoms with E-state index in [-0.39, 0.29) is 5.41 Å². The smallest absolute Gasteiger partial charge is 0.171 e. The molecule has 14 heavy (non-hydrogen) atoms. The Hall–Kier alpha value is -0.263. The molecule has 0 aliphatic carbocycles. The van der Waals surface area contributed by atoms with Crippen LogP contribution in [-0.2, 0) is 4.43 Å². The lowest BCUT2D eigenvalue weighted by molar-refractivity contribution is 0.0770. The van der Waals surface area contributed by atoms with Crippen LogP contribution in [0.15, 0.2) is 0 Å². The maximum atomic E-state index is 6.03. The molecule has 0 bridgehead atoms. The lowest BCUT2D eigenvalue weighted by Gasteiger charge is -2.32. The fraction of sp³-hybridized carbons (Fsp3) is 0.833. The molecule has 2 heteroatoms. The molecule has 0 heterocycles. The molecule has 0 saturated carbocycles. The number of hydrogen-bond donors (Lipinski definition) is 0. The maximum absolute atomic E-state index is 6.03. The average molecular weight is 212 g/mol. The minimum atomic E-state index is -0.931. The van der Waals surface area contributed by atoms with E-state index in [0.717, 1.165) is 19.3 Å². The maximum Gasteiger partial charge on any atom is 0.171 e. The zero-order valence-electron chi connectivity index (χ0n) is 10.3. The van der Waals surface area contributed by atoms with Crippen molar-refractivity contribution in [1.82, 2.24) is 0 Å². The fourth-order valence-corrected chi connectivity index (χ4v) is 2.62. The van der Waals surface area contributed by atoms with Crippen LogP contribution in [0.5, 0.6) is 0 Å². The Kier molecular flexibility index (Phi) is 6.15. The normalized spacial score (nSPS) is 14.1. The first-order chi connectivity index (χ1) is 6.38. The van der Waals surface area contributed by atoms with E-state index in [0.29, 0.717) is 6.10 Å². The zero-order chi connectivity index (χ0) is 11.2. The summed E-state index contributed by atoms with van der Waals surface area (Å²) in [7, 11) is -0.931. The van der Waals surface area contributed by atoms with Gasteiger partial charge in [-0.1, -0.05) is 20.8 Å². The van der Waals surface area contributed by atoms with E-state index in [4.69, 9.17) is 10.8 Å². The van der Waals surface area contributed by atoms with Crippen LogP contribution < -0.4 is 0 Å². The Labute approximate surface area is 91.0 Å². The highest BCUT2D eigenvalue weighted by Gasteiger charge is 2.25. The van der Waals surface area contributed by atoms with Crippen LogP contribution in [0, 0.1) is 17.8 Å². The third-order valence-corrected chi connectivity index (χ3v) is 3.06. The van der Waals surface area contributed by atoms with Gasteiger partial charge in [0.1, 0.15) is 0 Å². The summed E-state index contributed by atoms with van der Waals surface area (Å²) in [5.41, 5.74) is 0.242. The Balaban J connectivity index is 4.07. The lowest BCUT2D eigenvalue weighted by Crippen LogP contribution is -2.33. The molecule has 82 valence electrons. The third-order valence-electron chi connectivity index (χ3n) is 2.19. The van der Waals surface area contributed by atoms with Gasteiger partial charge < -0.3 is 4.43 Å². The standard InChI is InChI=1S/C12H24OSi/c1-7-8-9-10-11(12(2,3)4)13-14(5)6/h1,11,14H,8-10H2,2-6H3. The molecular weight excluding hydrogens is 188 g/mol. The molecule has 0 aromatic carbocycles. The minimum Gasteiger partial charge on any atom is -0.417 e. The van der Waals surface area contributed by atoms with Crippen molar-refractivity contribution >= 4 is 9.04 Å². The second-order valence-corrected chi connectivity index (χ2v) is 7.51. The summed E-state index contributed by atoms with van der Waals surface area (Å²) in [4.78, 5) is 0. The predicted octanol–water partition coefficient (Wildman–Crippen LogP) is 3.20. The van der Waals surface area contributed by atoms with Crippen LogP contribution in [0.4, 0.5) is 0 Å². The molecule has 0 aromatic heterocycles. The first-order valence-corrected chi connectivity index (χ1v) is 8.25. The van der Waals surface area contributed by atoms with Gasteiger partial charge in [-0.3, -0.25) is 0 Å². The van der Waals surface area contributed by atoms with Gasteiger partial charge in [-0.2, -0.15) is 0 Å². The van der Waals surface area contributed by atoms with Crippen molar-refractivity contribution in [2.24, 2.45) is 5.41 Å². The minimum absolute atomic E-state index is 0.242. The number of terminal acetylenes is 1. The molecule has 0 spiro atoms. The Morgan fingerprint density at radius 1 is 1.36 bits per heavy atom. The number of rotatable bonds is 5. The number of hydrogen-bond acceptors (Lipinski definition) is 1. The molecule has 1 unspecified atom stereocenters. The summed E-state index contributed by atoms with van der Waals surface area (Å²) in [5.74, 6) is 2.68. The van der Waals surface area contributed by atoms with Crippen molar-refractivity contribution in [3.8, 4) is 12.3 Å². The summed E-state index contributed by atoms with van der Waals surface area (Å²) < 4.78 is 6.03. The van der Waals surface area contributed by atoms with Gasteiger partial charge in [0.05, 0.1) is 0 Å². The van der Waals surface area contributed by atoms with Crippen LogP contribution in [0.2, 0.25) is 13.1 Å². The molecule has 1 atom stereocenters. The van der Waals surface area contributed by atoms with Crippen molar-refractivity contribution in [3.63, 3.8) is 0 Å². The average Bonchev–Trinajstić information content (AvgIpc) is 2.00. The van der Waals surface area contributed by atoms with E-state index in [9.17, 15) is 0 Å². The molecule has 0 radical (unpaired) electrons. The van der Waals surface area contributed by atoms with Crippen molar-refractivity contribution in [1.29, 1.82) is 0 Å². The van der Waals surface area contributed by atoms with Gasteiger partial charge in [0.2, 0.25) is 0 Å². The Bertz CT molecular complexity index is 185. The zero-order valence-corrected chi connectivity index (χ0v) is 11.4. The van der Waals surface area contributed by atoms with E-state index >= 15 is 0 Å². The summed E-state index contributed by atoms with van der Waals surface area (Å²) in [6, 6.07) is 0. The van der Waals surface area contributed by atoms with Crippen LogP contribution in [0.3, 0.4) is 0 Å². The molecule has 0 amide bonds. The van der Waals surface area contributed by atoms with Crippen LogP contribution in [0.25, 0.3) is 0 Å². The Morgan fingerprint density at radius 2 is 1.93 bits per heavy atom. The third kappa shape index (κ3) is 6.23. The van der Waals surface area contributed by atoms with Gasteiger partial charge in [0.25, 0.3) is 0 Å². The predicted molar refractivity (Wildman–Crippen MR) is 65.9 cm³/mol. The van der Waals surface area contributed by atoms with Gasteiger partial charge in [-0.15, -0.1) is 12.3 Å². The van der Waals surface area contributed by atoms with Crippen molar-refractivity contribution in [2.45, 2.75) is 59.2 Å². The van der Waals surface area contributed by atoms with Gasteiger partial charge in [0.15, 0.2) is 9.04 Å². The molecule has 0 saturated heterocycles. The molecule has 0 fully saturated rings. The van der Waals surface area contributed by atoms with Crippen molar-refractivity contribution in [3.05, 3.63) is 0 Å². The highest BCUT2D eigenvalue weighted by atomic mass is 28.3. The van der Waals surface area contributed by atoms with Crippen LogP contribution in [-0.4, -0.2) is 15.1 Å². The monoisotopic (exact) mass is 212 g/mol. The lowest BCUT2D eigenvalue weighted by atomic mass is 9.86. The van der Waals surface area contributed by atoms with Crippen molar-refractivity contribution < 1.29 is 4.43 Å². The summed E-state index contributed by atoms with van der Waals surface area (Å²) in [6.45, 7) is 11.2. The molecule has 0 aliphatic heterocycles. The molecular formula is C12H24OSi. The van der Waals surface area contributed by atoms with E-state index in [1.807, 2.05) is 0 Å². The molecule has 0 aliphatic rings. The molecule has 0 rings (SSSR count).